The van der Waals surface area contributed by atoms with Crippen molar-refractivity contribution in [1.29, 1.82) is 0 Å². The van der Waals surface area contributed by atoms with Crippen molar-refractivity contribution in [2.45, 2.75) is 13.3 Å². The van der Waals surface area contributed by atoms with E-state index in [0.29, 0.717) is 0 Å². The molecule has 0 unspecified atom stereocenters. The average Bonchev–Trinajstić information content (AvgIpc) is 2.04. The Morgan fingerprint density at radius 3 is 2.73 bits per heavy atom. The molecule has 0 saturated heterocycles. The second-order valence-electron chi connectivity index (χ2n) is 2.41. The Hall–Kier alpha value is -0.690. The predicted octanol–water partition coefficient (Wildman–Crippen LogP) is 2.94. The average molecular weight is 170 g/mol. The first-order valence-corrected chi connectivity index (χ1v) is 4.12. The smallest absolute Gasteiger partial charge is 0.0426 e. The van der Waals surface area contributed by atoms with Crippen LogP contribution in [0.4, 0.5) is 5.69 Å². The molecule has 0 radical (unpaired) electrons. The van der Waals surface area contributed by atoms with Crippen LogP contribution in [0, 0.1) is 0 Å². The molecule has 0 spiro atoms. The van der Waals surface area contributed by atoms with Crippen LogP contribution in [0.25, 0.3) is 0 Å². The summed E-state index contributed by atoms with van der Waals surface area (Å²) < 4.78 is 0. The molecule has 0 aliphatic heterocycles. The van der Waals surface area contributed by atoms with E-state index in [4.69, 9.17) is 11.6 Å². The fraction of sp³-hybridized carbons (Fsp3) is 0.333. The van der Waals surface area contributed by atoms with Gasteiger partial charge in [0.2, 0.25) is 0 Å². The Balaban J connectivity index is 3.06. The molecule has 0 aliphatic carbocycles. The highest BCUT2D eigenvalue weighted by molar-refractivity contribution is 6.30. The summed E-state index contributed by atoms with van der Waals surface area (Å²) >= 11 is 5.81. The number of halogens is 1. The van der Waals surface area contributed by atoms with Gasteiger partial charge in [-0.1, -0.05) is 24.6 Å². The molecule has 0 saturated carbocycles. The Kier molecular flexibility index (Phi) is 2.77. The first-order chi connectivity index (χ1) is 5.27. The third-order valence-electron chi connectivity index (χ3n) is 1.72. The molecule has 60 valence electrons. The van der Waals surface area contributed by atoms with Gasteiger partial charge in [0.25, 0.3) is 0 Å². The van der Waals surface area contributed by atoms with Crippen molar-refractivity contribution in [3.8, 4) is 0 Å². The van der Waals surface area contributed by atoms with E-state index in [1.54, 1.807) is 0 Å². The van der Waals surface area contributed by atoms with Gasteiger partial charge in [0.15, 0.2) is 0 Å². The summed E-state index contributed by atoms with van der Waals surface area (Å²) in [7, 11) is 1.91. The normalized spacial score (nSPS) is 9.73. The van der Waals surface area contributed by atoms with Crippen molar-refractivity contribution < 1.29 is 0 Å². The van der Waals surface area contributed by atoms with Crippen LogP contribution in [-0.4, -0.2) is 7.05 Å². The summed E-state index contributed by atoms with van der Waals surface area (Å²) in [4.78, 5) is 0. The highest BCUT2D eigenvalue weighted by atomic mass is 35.5. The van der Waals surface area contributed by atoms with E-state index in [1.165, 1.54) is 5.56 Å². The maximum atomic E-state index is 5.81. The number of rotatable bonds is 2. The lowest BCUT2D eigenvalue weighted by Gasteiger charge is -2.06. The second-order valence-corrected chi connectivity index (χ2v) is 2.84. The van der Waals surface area contributed by atoms with E-state index in [0.717, 1.165) is 17.1 Å². The van der Waals surface area contributed by atoms with Crippen molar-refractivity contribution in [2.75, 3.05) is 12.4 Å². The lowest BCUT2D eigenvalue weighted by Crippen LogP contribution is -1.93. The number of benzene rings is 1. The van der Waals surface area contributed by atoms with Gasteiger partial charge in [-0.3, -0.25) is 0 Å². The molecule has 1 N–H and O–H groups in total. The predicted molar refractivity (Wildman–Crippen MR) is 50.4 cm³/mol. The molecule has 0 heterocycles. The van der Waals surface area contributed by atoms with Crippen LogP contribution in [0.3, 0.4) is 0 Å². The van der Waals surface area contributed by atoms with Gasteiger partial charge in [0.05, 0.1) is 0 Å². The van der Waals surface area contributed by atoms with Crippen molar-refractivity contribution in [3.05, 3.63) is 28.8 Å². The number of hydrogen-bond acceptors (Lipinski definition) is 1. The van der Waals surface area contributed by atoms with Gasteiger partial charge < -0.3 is 5.32 Å². The molecule has 2 heteroatoms. The maximum absolute atomic E-state index is 5.81. The molecule has 0 atom stereocenters. The van der Waals surface area contributed by atoms with Gasteiger partial charge in [0, 0.05) is 17.8 Å². The van der Waals surface area contributed by atoms with Crippen molar-refractivity contribution in [1.82, 2.24) is 0 Å². The zero-order valence-electron chi connectivity index (χ0n) is 6.82. The van der Waals surface area contributed by atoms with Crippen LogP contribution < -0.4 is 5.32 Å². The molecule has 1 aromatic carbocycles. The Labute approximate surface area is 72.4 Å². The van der Waals surface area contributed by atoms with Gasteiger partial charge in [-0.15, -0.1) is 0 Å². The van der Waals surface area contributed by atoms with Gasteiger partial charge >= 0.3 is 0 Å². The summed E-state index contributed by atoms with van der Waals surface area (Å²) in [5.74, 6) is 0. The van der Waals surface area contributed by atoms with Gasteiger partial charge in [-0.05, 0) is 24.1 Å². The summed E-state index contributed by atoms with van der Waals surface area (Å²) in [5, 5.41) is 3.89. The minimum absolute atomic E-state index is 0.784. The van der Waals surface area contributed by atoms with Crippen molar-refractivity contribution in [3.63, 3.8) is 0 Å². The highest BCUT2D eigenvalue weighted by Gasteiger charge is 1.97. The largest absolute Gasteiger partial charge is 0.388 e. The monoisotopic (exact) mass is 169 g/mol. The molecule has 11 heavy (non-hydrogen) atoms. The molecule has 0 bridgehead atoms. The van der Waals surface area contributed by atoms with E-state index in [1.807, 2.05) is 25.2 Å². The van der Waals surface area contributed by atoms with Crippen LogP contribution >= 0.6 is 11.6 Å². The number of nitrogens with one attached hydrogen (secondary N) is 1. The number of anilines is 1. The summed E-state index contributed by atoms with van der Waals surface area (Å²) in [5.41, 5.74) is 2.43. The Morgan fingerprint density at radius 1 is 1.45 bits per heavy atom. The van der Waals surface area contributed by atoms with Crippen LogP contribution in [0.2, 0.25) is 5.02 Å². The standard InChI is InChI=1S/C9H12ClN/c1-3-7-4-5-8(10)6-9(7)11-2/h4-6,11H,3H2,1-2H3. The minimum Gasteiger partial charge on any atom is -0.388 e. The van der Waals surface area contributed by atoms with E-state index in [9.17, 15) is 0 Å². The Morgan fingerprint density at radius 2 is 2.18 bits per heavy atom. The SMILES string of the molecule is CCc1ccc(Cl)cc1NC. The topological polar surface area (TPSA) is 12.0 Å². The van der Waals surface area contributed by atoms with Crippen LogP contribution in [0.1, 0.15) is 12.5 Å². The lowest BCUT2D eigenvalue weighted by molar-refractivity contribution is 1.14. The first-order valence-electron chi connectivity index (χ1n) is 3.74. The molecule has 1 rings (SSSR count). The van der Waals surface area contributed by atoms with Crippen LogP contribution in [0.15, 0.2) is 18.2 Å². The second kappa shape index (κ2) is 3.63. The third kappa shape index (κ3) is 1.87. The fourth-order valence-electron chi connectivity index (χ4n) is 1.09. The molecule has 0 aliphatic rings. The maximum Gasteiger partial charge on any atom is 0.0426 e. The number of aryl methyl sites for hydroxylation is 1. The van der Waals surface area contributed by atoms with Crippen molar-refractivity contribution >= 4 is 17.3 Å². The molecular weight excluding hydrogens is 158 g/mol. The summed E-state index contributed by atoms with van der Waals surface area (Å²) in [6.45, 7) is 2.13. The molecule has 0 amide bonds. The zero-order valence-corrected chi connectivity index (χ0v) is 7.57. The molecule has 1 aromatic rings. The molecule has 0 aromatic heterocycles. The van der Waals surface area contributed by atoms with Gasteiger partial charge in [-0.25, -0.2) is 0 Å². The van der Waals surface area contributed by atoms with Crippen LogP contribution in [0.5, 0.6) is 0 Å². The van der Waals surface area contributed by atoms with Crippen molar-refractivity contribution in [2.24, 2.45) is 0 Å². The Bertz CT molecular complexity index is 245. The highest BCUT2D eigenvalue weighted by Crippen LogP contribution is 2.20. The van der Waals surface area contributed by atoms with E-state index < -0.39 is 0 Å². The quantitative estimate of drug-likeness (QED) is 0.718. The van der Waals surface area contributed by atoms with E-state index in [2.05, 4.69) is 12.2 Å². The molecule has 0 fully saturated rings. The van der Waals surface area contributed by atoms with E-state index >= 15 is 0 Å². The molecule has 1 nitrogen and oxygen atoms in total. The summed E-state index contributed by atoms with van der Waals surface area (Å²) in [6, 6.07) is 5.91. The first kappa shape index (κ1) is 8.41. The lowest BCUT2D eigenvalue weighted by atomic mass is 10.1. The zero-order chi connectivity index (χ0) is 8.27. The van der Waals surface area contributed by atoms with Gasteiger partial charge in [0.1, 0.15) is 0 Å². The van der Waals surface area contributed by atoms with Crippen LogP contribution in [-0.2, 0) is 6.42 Å². The summed E-state index contributed by atoms with van der Waals surface area (Å²) in [6.07, 6.45) is 1.04. The third-order valence-corrected chi connectivity index (χ3v) is 1.96. The minimum atomic E-state index is 0.784. The van der Waals surface area contributed by atoms with E-state index in [-0.39, 0.29) is 0 Å². The fourth-order valence-corrected chi connectivity index (χ4v) is 1.26. The van der Waals surface area contributed by atoms with Gasteiger partial charge in [-0.2, -0.15) is 0 Å². The number of hydrogen-bond donors (Lipinski definition) is 1. The molecular formula is C9H12ClN.